The summed E-state index contributed by atoms with van der Waals surface area (Å²) in [5, 5.41) is 8.94. The van der Waals surface area contributed by atoms with Crippen molar-refractivity contribution in [3.05, 3.63) is 34.1 Å². The number of likely N-dealkylation sites (tertiary alicyclic amines) is 1. The van der Waals surface area contributed by atoms with Gasteiger partial charge in [-0.05, 0) is 44.5 Å². The molecule has 1 fully saturated rings. The molecule has 126 valence electrons. The van der Waals surface area contributed by atoms with E-state index in [9.17, 15) is 14.0 Å². The van der Waals surface area contributed by atoms with Gasteiger partial charge in [-0.3, -0.25) is 14.5 Å². The zero-order valence-corrected chi connectivity index (χ0v) is 14.6. The molecule has 1 amide bonds. The number of carbonyl (C=O) groups is 2. The second-order valence-electron chi connectivity index (χ2n) is 5.82. The summed E-state index contributed by atoms with van der Waals surface area (Å²) in [6.45, 7) is 0.470. The molecule has 0 aliphatic carbocycles. The quantitative estimate of drug-likeness (QED) is 0.844. The van der Waals surface area contributed by atoms with Crippen LogP contribution in [0.2, 0.25) is 0 Å². The van der Waals surface area contributed by atoms with E-state index in [1.165, 1.54) is 11.0 Å². The number of nitrogens with zero attached hydrogens (tertiary/aromatic N) is 2. The molecular weight excluding hydrogens is 367 g/mol. The fraction of sp³-hybridized carbons (Fsp3) is 0.500. The Labute approximate surface area is 143 Å². The van der Waals surface area contributed by atoms with Crippen molar-refractivity contribution in [1.29, 1.82) is 0 Å². The first-order chi connectivity index (χ1) is 10.9. The molecule has 1 aromatic carbocycles. The van der Waals surface area contributed by atoms with Crippen LogP contribution in [0, 0.1) is 5.82 Å². The SMILES string of the molecule is CN(Cc1cc(Br)ccc1F)C1CCCCN(CC(=O)O)C1=O. The highest BCUT2D eigenvalue weighted by atomic mass is 79.9. The minimum Gasteiger partial charge on any atom is -0.480 e. The fourth-order valence-corrected chi connectivity index (χ4v) is 3.27. The molecule has 0 spiro atoms. The van der Waals surface area contributed by atoms with E-state index < -0.39 is 12.0 Å². The largest absolute Gasteiger partial charge is 0.480 e. The van der Waals surface area contributed by atoms with E-state index in [4.69, 9.17) is 5.11 Å². The smallest absolute Gasteiger partial charge is 0.323 e. The molecule has 1 saturated heterocycles. The maximum absolute atomic E-state index is 13.9. The molecule has 1 aliphatic rings. The third-order valence-electron chi connectivity index (χ3n) is 4.04. The number of halogens is 2. The molecule has 0 radical (unpaired) electrons. The monoisotopic (exact) mass is 386 g/mol. The highest BCUT2D eigenvalue weighted by Crippen LogP contribution is 2.21. The van der Waals surface area contributed by atoms with Gasteiger partial charge in [-0.1, -0.05) is 15.9 Å². The molecule has 23 heavy (non-hydrogen) atoms. The lowest BCUT2D eigenvalue weighted by molar-refractivity contribution is -0.146. The molecule has 0 aromatic heterocycles. The first-order valence-corrected chi connectivity index (χ1v) is 8.32. The molecule has 1 atom stereocenters. The second-order valence-corrected chi connectivity index (χ2v) is 6.73. The van der Waals surface area contributed by atoms with Crippen molar-refractivity contribution in [1.82, 2.24) is 9.80 Å². The van der Waals surface area contributed by atoms with E-state index in [1.807, 2.05) is 0 Å². The molecule has 0 bridgehead atoms. The maximum Gasteiger partial charge on any atom is 0.323 e. The Morgan fingerprint density at radius 1 is 1.48 bits per heavy atom. The van der Waals surface area contributed by atoms with Crippen molar-refractivity contribution in [2.24, 2.45) is 0 Å². The van der Waals surface area contributed by atoms with E-state index in [0.717, 1.165) is 17.3 Å². The predicted molar refractivity (Wildman–Crippen MR) is 87.4 cm³/mol. The number of carboxylic acids is 1. The topological polar surface area (TPSA) is 60.9 Å². The lowest BCUT2D eigenvalue weighted by Gasteiger charge is -2.29. The summed E-state index contributed by atoms with van der Waals surface area (Å²) in [6.07, 6.45) is 2.29. The van der Waals surface area contributed by atoms with Crippen LogP contribution in [0.25, 0.3) is 0 Å². The molecule has 5 nitrogen and oxygen atoms in total. The van der Waals surface area contributed by atoms with Crippen LogP contribution in [0.5, 0.6) is 0 Å². The van der Waals surface area contributed by atoms with Crippen LogP contribution in [0.4, 0.5) is 4.39 Å². The number of likely N-dealkylation sites (N-methyl/N-ethyl adjacent to an activating group) is 1. The van der Waals surface area contributed by atoms with Crippen LogP contribution in [-0.2, 0) is 16.1 Å². The number of carboxylic acid groups (broad SMARTS) is 1. The average Bonchev–Trinajstić information content (AvgIpc) is 2.65. The molecule has 2 rings (SSSR count). The minimum atomic E-state index is -1.01. The van der Waals surface area contributed by atoms with Crippen LogP contribution >= 0.6 is 15.9 Å². The number of hydrogen-bond acceptors (Lipinski definition) is 3. The number of benzene rings is 1. The Kier molecular flexibility index (Phi) is 6.12. The number of rotatable bonds is 5. The van der Waals surface area contributed by atoms with Crippen molar-refractivity contribution in [2.75, 3.05) is 20.1 Å². The first-order valence-electron chi connectivity index (χ1n) is 7.53. The number of carbonyl (C=O) groups excluding carboxylic acids is 1. The minimum absolute atomic E-state index is 0.192. The Bertz CT molecular complexity index is 597. The van der Waals surface area contributed by atoms with Gasteiger partial charge in [-0.15, -0.1) is 0 Å². The van der Waals surface area contributed by atoms with Gasteiger partial charge in [0.2, 0.25) is 5.91 Å². The lowest BCUT2D eigenvalue weighted by atomic mass is 10.1. The third kappa shape index (κ3) is 4.75. The summed E-state index contributed by atoms with van der Waals surface area (Å²) in [6, 6.07) is 4.29. The molecule has 1 aliphatic heterocycles. The Hall–Kier alpha value is -1.47. The average molecular weight is 387 g/mol. The zero-order chi connectivity index (χ0) is 17.0. The molecular formula is C16H20BrFN2O3. The molecule has 1 unspecified atom stereocenters. The second kappa shape index (κ2) is 7.88. The van der Waals surface area contributed by atoms with Gasteiger partial charge in [0, 0.05) is 23.1 Å². The summed E-state index contributed by atoms with van der Waals surface area (Å²) in [5.74, 6) is -1.52. The standard InChI is InChI=1S/C16H20BrFN2O3/c1-19(9-11-8-12(17)5-6-13(11)18)14-4-2-3-7-20(16(14)23)10-15(21)22/h5-6,8,14H,2-4,7,9-10H2,1H3,(H,21,22). The Morgan fingerprint density at radius 3 is 2.91 bits per heavy atom. The maximum atomic E-state index is 13.9. The fourth-order valence-electron chi connectivity index (χ4n) is 2.86. The van der Waals surface area contributed by atoms with Crippen molar-refractivity contribution in [2.45, 2.75) is 31.8 Å². The van der Waals surface area contributed by atoms with Gasteiger partial charge >= 0.3 is 5.97 Å². The van der Waals surface area contributed by atoms with E-state index in [-0.39, 0.29) is 18.3 Å². The van der Waals surface area contributed by atoms with Crippen molar-refractivity contribution in [3.8, 4) is 0 Å². The van der Waals surface area contributed by atoms with Crippen LogP contribution in [0.1, 0.15) is 24.8 Å². The van der Waals surface area contributed by atoms with E-state index in [0.29, 0.717) is 25.1 Å². The highest BCUT2D eigenvalue weighted by Gasteiger charge is 2.31. The Balaban J connectivity index is 2.12. The Morgan fingerprint density at radius 2 is 2.22 bits per heavy atom. The van der Waals surface area contributed by atoms with E-state index in [1.54, 1.807) is 24.1 Å². The summed E-state index contributed by atoms with van der Waals surface area (Å²) in [7, 11) is 1.77. The number of aliphatic carboxylic acids is 1. The number of hydrogen-bond donors (Lipinski definition) is 1. The normalized spacial score (nSPS) is 19.0. The van der Waals surface area contributed by atoms with Crippen LogP contribution in [-0.4, -0.2) is 53.0 Å². The molecule has 1 aromatic rings. The van der Waals surface area contributed by atoms with Crippen molar-refractivity contribution in [3.63, 3.8) is 0 Å². The zero-order valence-electron chi connectivity index (χ0n) is 13.0. The van der Waals surface area contributed by atoms with Crippen molar-refractivity contribution >= 4 is 27.8 Å². The third-order valence-corrected chi connectivity index (χ3v) is 4.53. The van der Waals surface area contributed by atoms with Gasteiger partial charge in [0.05, 0.1) is 6.04 Å². The van der Waals surface area contributed by atoms with E-state index in [2.05, 4.69) is 15.9 Å². The van der Waals surface area contributed by atoms with Crippen LogP contribution < -0.4 is 0 Å². The van der Waals surface area contributed by atoms with E-state index >= 15 is 0 Å². The van der Waals surface area contributed by atoms with Gasteiger partial charge in [-0.25, -0.2) is 4.39 Å². The molecule has 0 saturated carbocycles. The van der Waals surface area contributed by atoms with Crippen LogP contribution in [0.3, 0.4) is 0 Å². The van der Waals surface area contributed by atoms with Crippen molar-refractivity contribution < 1.29 is 19.1 Å². The summed E-state index contributed by atoms with van der Waals surface area (Å²) in [4.78, 5) is 26.7. The predicted octanol–water partition coefficient (Wildman–Crippen LogP) is 2.49. The van der Waals surface area contributed by atoms with Crippen LogP contribution in [0.15, 0.2) is 22.7 Å². The van der Waals surface area contributed by atoms with Gasteiger partial charge in [0.25, 0.3) is 0 Å². The molecule has 7 heteroatoms. The summed E-state index contributed by atoms with van der Waals surface area (Å²) in [5.41, 5.74) is 0.503. The highest BCUT2D eigenvalue weighted by molar-refractivity contribution is 9.10. The van der Waals surface area contributed by atoms with Gasteiger partial charge in [-0.2, -0.15) is 0 Å². The molecule has 1 heterocycles. The van der Waals surface area contributed by atoms with Gasteiger partial charge < -0.3 is 10.0 Å². The first kappa shape index (κ1) is 17.9. The van der Waals surface area contributed by atoms with Gasteiger partial charge in [0.15, 0.2) is 0 Å². The number of amides is 1. The molecule has 1 N–H and O–H groups in total. The summed E-state index contributed by atoms with van der Waals surface area (Å²) < 4.78 is 14.7. The summed E-state index contributed by atoms with van der Waals surface area (Å²) >= 11 is 3.32. The lowest BCUT2D eigenvalue weighted by Crippen LogP contribution is -2.47. The van der Waals surface area contributed by atoms with Gasteiger partial charge in [0.1, 0.15) is 12.4 Å².